The minimum absolute atomic E-state index is 0.505. The van der Waals surface area contributed by atoms with Crippen LogP contribution in [0.1, 0.15) is 33.4 Å². The van der Waals surface area contributed by atoms with Crippen LogP contribution in [0.25, 0.3) is 53.6 Å². The van der Waals surface area contributed by atoms with Crippen molar-refractivity contribution in [2.75, 3.05) is 4.90 Å². The van der Waals surface area contributed by atoms with E-state index in [2.05, 4.69) is 207 Å². The third-order valence-corrected chi connectivity index (χ3v) is 20.5. The number of aryl methyl sites for hydroxylation is 2. The fourth-order valence-electron chi connectivity index (χ4n) is 12.1. The Morgan fingerprint density at radius 1 is 0.383 bits per heavy atom. The van der Waals surface area contributed by atoms with Crippen LogP contribution < -0.4 is 25.6 Å². The van der Waals surface area contributed by atoms with Gasteiger partial charge in [-0.3, -0.25) is 0 Å². The van der Waals surface area contributed by atoms with Crippen LogP contribution in [-0.4, -0.2) is 8.07 Å². The maximum absolute atomic E-state index is 2.66. The largest absolute Gasteiger partial charge is 0.310 e. The lowest BCUT2D eigenvalue weighted by Crippen LogP contribution is -2.70. The first-order valence-electron chi connectivity index (χ1n) is 21.1. The van der Waals surface area contributed by atoms with Crippen LogP contribution in [0.2, 0.25) is 0 Å². The third kappa shape index (κ3) is 3.85. The maximum Gasteiger partial charge on any atom is 0.182 e. The van der Waals surface area contributed by atoms with E-state index < -0.39 is 13.5 Å². The molecule has 0 saturated heterocycles. The van der Waals surface area contributed by atoms with Gasteiger partial charge in [-0.15, -0.1) is 11.3 Å². The van der Waals surface area contributed by atoms with Gasteiger partial charge in [-0.05, 0) is 127 Å². The molecule has 0 bridgehead atoms. The van der Waals surface area contributed by atoms with Gasteiger partial charge in [0.1, 0.15) is 0 Å². The number of para-hydroxylation sites is 1. The van der Waals surface area contributed by atoms with Crippen molar-refractivity contribution >= 4 is 77.4 Å². The van der Waals surface area contributed by atoms with E-state index in [1.165, 1.54) is 125 Å². The minimum Gasteiger partial charge on any atom is -0.310 e. The molecule has 280 valence electrons. The van der Waals surface area contributed by atoms with Crippen molar-refractivity contribution < 1.29 is 0 Å². The van der Waals surface area contributed by atoms with Gasteiger partial charge in [-0.25, -0.2) is 0 Å². The van der Waals surface area contributed by atoms with Crippen molar-refractivity contribution in [2.24, 2.45) is 0 Å². The second-order valence-electron chi connectivity index (χ2n) is 17.3. The third-order valence-electron chi connectivity index (χ3n) is 14.4. The second kappa shape index (κ2) is 11.5. The Hall–Kier alpha value is -6.78. The molecule has 2 spiro atoms. The number of anilines is 3. The van der Waals surface area contributed by atoms with Gasteiger partial charge in [0.2, 0.25) is 0 Å². The van der Waals surface area contributed by atoms with Crippen molar-refractivity contribution in [3.63, 3.8) is 0 Å². The molecule has 1 aromatic heterocycles. The van der Waals surface area contributed by atoms with E-state index in [1.54, 1.807) is 0 Å². The summed E-state index contributed by atoms with van der Waals surface area (Å²) in [7, 11) is -2.66. The molecule has 3 aliphatic heterocycles. The molecule has 0 saturated carbocycles. The van der Waals surface area contributed by atoms with Crippen LogP contribution in [0.15, 0.2) is 188 Å². The maximum atomic E-state index is 2.63. The van der Waals surface area contributed by atoms with Gasteiger partial charge >= 0.3 is 0 Å². The molecule has 60 heavy (non-hydrogen) atoms. The molecule has 1 aliphatic carbocycles. The molecule has 3 heteroatoms. The normalized spacial score (nSPS) is 15.1. The lowest BCUT2D eigenvalue weighted by atomic mass is 9.64. The molecule has 0 radical (unpaired) electrons. The molecule has 0 N–H and O–H groups in total. The first kappa shape index (κ1) is 33.1. The average Bonchev–Trinajstić information content (AvgIpc) is 3.98. The zero-order chi connectivity index (χ0) is 39.5. The number of rotatable bonds is 1. The Kier molecular flexibility index (Phi) is 6.33. The SMILES string of the molecule is Cc1ccc2c(c1)C1(c3cc(C)ccc3-2)c2ccccc2N(c2ccc3c(c2)[Si]2(c4ccccc4-c4ccccc42)c2ccccc2-3)c2cc3sc4ccccc4c3cc21. The molecule has 4 heterocycles. The summed E-state index contributed by atoms with van der Waals surface area (Å²) in [6.45, 7) is 4.50. The second-order valence-corrected chi connectivity index (χ2v) is 22.0. The molecule has 0 atom stereocenters. The Bertz CT molecular complexity index is 3440. The highest BCUT2D eigenvalue weighted by molar-refractivity contribution is 7.26. The number of hydrogen-bond acceptors (Lipinski definition) is 2. The Morgan fingerprint density at radius 3 is 1.60 bits per heavy atom. The highest BCUT2D eigenvalue weighted by atomic mass is 32.1. The van der Waals surface area contributed by atoms with Crippen molar-refractivity contribution in [1.82, 2.24) is 0 Å². The zero-order valence-electron chi connectivity index (χ0n) is 33.3. The summed E-state index contributed by atoms with van der Waals surface area (Å²) in [5.74, 6) is 0. The number of fused-ring (bicyclic) bond motifs is 22. The fourth-order valence-corrected chi connectivity index (χ4v) is 18.9. The molecular formula is C57H37NSSi. The lowest BCUT2D eigenvalue weighted by molar-refractivity contribution is 0.752. The minimum atomic E-state index is -2.66. The van der Waals surface area contributed by atoms with Crippen molar-refractivity contribution in [3.8, 4) is 33.4 Å². The van der Waals surface area contributed by atoms with Crippen molar-refractivity contribution in [2.45, 2.75) is 19.3 Å². The molecule has 9 aromatic carbocycles. The van der Waals surface area contributed by atoms with Gasteiger partial charge in [-0.2, -0.15) is 0 Å². The predicted molar refractivity (Wildman–Crippen MR) is 256 cm³/mol. The van der Waals surface area contributed by atoms with E-state index in [0.717, 1.165) is 0 Å². The number of nitrogens with zero attached hydrogens (tertiary/aromatic N) is 1. The van der Waals surface area contributed by atoms with Gasteiger partial charge in [0, 0.05) is 25.9 Å². The molecular weight excluding hydrogens is 759 g/mol. The van der Waals surface area contributed by atoms with Gasteiger partial charge < -0.3 is 4.90 Å². The Balaban J connectivity index is 1.12. The van der Waals surface area contributed by atoms with E-state index in [4.69, 9.17) is 0 Å². The van der Waals surface area contributed by atoms with E-state index in [-0.39, 0.29) is 0 Å². The van der Waals surface area contributed by atoms with Crippen LogP contribution >= 0.6 is 11.3 Å². The molecule has 1 nitrogen and oxygen atoms in total. The Labute approximate surface area is 354 Å². The highest BCUT2D eigenvalue weighted by Gasteiger charge is 2.55. The molecule has 4 aliphatic rings. The Morgan fingerprint density at radius 2 is 0.933 bits per heavy atom. The van der Waals surface area contributed by atoms with E-state index in [0.29, 0.717) is 0 Å². The number of benzene rings is 9. The summed E-state index contributed by atoms with van der Waals surface area (Å²) in [6.07, 6.45) is 0. The standard InChI is InChI=1S/C57H37NSSi/c1-34-23-26-37-38-27-24-35(2)30-47(38)57(46(37)29-34)45-17-7-8-18-49(45)58(50-33-52-44(32-48(50)57)39-13-3-9-19-51(39)59-52)36-25-28-43-42-16-6-12-22-55(42)60(56(43)31-36)53-20-10-4-14-40(53)41-15-5-11-21-54(41)60/h3-33H,1-2H3. The fraction of sp³-hybridized carbons (Fsp3) is 0.0526. The van der Waals surface area contributed by atoms with Gasteiger partial charge in [-0.1, -0.05) is 163 Å². The monoisotopic (exact) mass is 795 g/mol. The van der Waals surface area contributed by atoms with E-state index in [9.17, 15) is 0 Å². The zero-order valence-corrected chi connectivity index (χ0v) is 35.1. The van der Waals surface area contributed by atoms with E-state index in [1.807, 2.05) is 11.3 Å². The molecule has 10 aromatic rings. The summed E-state index contributed by atoms with van der Waals surface area (Å²) < 4.78 is 2.65. The summed E-state index contributed by atoms with van der Waals surface area (Å²) in [5.41, 5.74) is 19.4. The highest BCUT2D eigenvalue weighted by Crippen LogP contribution is 2.64. The smallest absolute Gasteiger partial charge is 0.182 e. The molecule has 0 amide bonds. The lowest BCUT2D eigenvalue weighted by Gasteiger charge is -2.45. The van der Waals surface area contributed by atoms with Crippen molar-refractivity contribution in [1.29, 1.82) is 0 Å². The summed E-state index contributed by atoms with van der Waals surface area (Å²) in [5, 5.41) is 8.66. The first-order chi connectivity index (χ1) is 29.6. The summed E-state index contributed by atoms with van der Waals surface area (Å²) in [4.78, 5) is 2.63. The number of thiophene rings is 1. The van der Waals surface area contributed by atoms with Gasteiger partial charge in [0.25, 0.3) is 0 Å². The number of hydrogen-bond donors (Lipinski definition) is 0. The first-order valence-corrected chi connectivity index (χ1v) is 23.9. The average molecular weight is 796 g/mol. The van der Waals surface area contributed by atoms with Crippen LogP contribution in [-0.2, 0) is 5.41 Å². The van der Waals surface area contributed by atoms with Crippen molar-refractivity contribution in [3.05, 3.63) is 221 Å². The molecule has 0 unspecified atom stereocenters. The van der Waals surface area contributed by atoms with Gasteiger partial charge in [0.15, 0.2) is 8.07 Å². The van der Waals surface area contributed by atoms with Gasteiger partial charge in [0.05, 0.1) is 16.8 Å². The molecule has 14 rings (SSSR count). The summed E-state index contributed by atoms with van der Waals surface area (Å²) in [6, 6.07) is 73.0. The van der Waals surface area contributed by atoms with Crippen LogP contribution in [0.4, 0.5) is 17.1 Å². The van der Waals surface area contributed by atoms with Crippen LogP contribution in [0.3, 0.4) is 0 Å². The predicted octanol–water partition coefficient (Wildman–Crippen LogP) is 12.2. The van der Waals surface area contributed by atoms with E-state index >= 15 is 0 Å². The molecule has 0 fully saturated rings. The summed E-state index contributed by atoms with van der Waals surface area (Å²) >= 11 is 1.91. The van der Waals surface area contributed by atoms with Crippen LogP contribution in [0.5, 0.6) is 0 Å². The quantitative estimate of drug-likeness (QED) is 0.150. The van der Waals surface area contributed by atoms with Crippen LogP contribution in [0, 0.1) is 13.8 Å². The topological polar surface area (TPSA) is 3.24 Å².